The third-order valence-electron chi connectivity index (χ3n) is 7.98. The van der Waals surface area contributed by atoms with Crippen molar-refractivity contribution in [2.45, 2.75) is 6.92 Å². The summed E-state index contributed by atoms with van der Waals surface area (Å²) in [5.74, 6) is 9.63. The summed E-state index contributed by atoms with van der Waals surface area (Å²) in [5.41, 5.74) is 6.58. The van der Waals surface area contributed by atoms with E-state index in [2.05, 4.69) is 84.1 Å². The molecule has 10 heteroatoms. The molecule has 7 aromatic carbocycles. The summed E-state index contributed by atoms with van der Waals surface area (Å²) in [6, 6.07) is 56.7. The zero-order valence-corrected chi connectivity index (χ0v) is 37.7. The van der Waals surface area contributed by atoms with Gasteiger partial charge in [-0.3, -0.25) is 0 Å². The zero-order valence-electron chi connectivity index (χ0n) is 34.5. The number of benzene rings is 7. The Kier molecular flexibility index (Phi) is 22.2. The Bertz CT molecular complexity index is 2610. The maximum absolute atomic E-state index is 11.2. The Balaban J connectivity index is 0.000000218. The molecule has 0 saturated carbocycles. The molecule has 0 aliphatic rings. The highest BCUT2D eigenvalue weighted by Crippen LogP contribution is 2.12. The van der Waals surface area contributed by atoms with Crippen LogP contribution in [0.25, 0.3) is 0 Å². The lowest BCUT2D eigenvalue weighted by molar-refractivity contribution is 0.0592. The van der Waals surface area contributed by atoms with Crippen LogP contribution in [-0.4, -0.2) is 48.3 Å². The van der Waals surface area contributed by atoms with Gasteiger partial charge in [0.25, 0.3) is 0 Å². The largest absolute Gasteiger partial charge is 0.478 e. The second-order valence-electron chi connectivity index (χ2n) is 12.6. The number of methoxy groups -OCH3 is 2. The minimum Gasteiger partial charge on any atom is -0.478 e. The average molecular weight is 967 g/mol. The molecule has 0 saturated heterocycles. The number of carbonyl (C=O) groups is 4. The van der Waals surface area contributed by atoms with Gasteiger partial charge in [0.2, 0.25) is 0 Å². The maximum atomic E-state index is 11.2. The molecular weight excluding hydrogens is 924 g/mol. The van der Waals surface area contributed by atoms with E-state index in [4.69, 9.17) is 10.2 Å². The van der Waals surface area contributed by atoms with Crippen LogP contribution in [0.2, 0.25) is 0 Å². The normalized spacial score (nSPS) is 9.16. The summed E-state index contributed by atoms with van der Waals surface area (Å²) in [6.07, 6.45) is 0. The number of carboxylic acid groups (broad SMARTS) is 2. The average Bonchev–Trinajstić information content (AvgIpc) is 3.32. The van der Waals surface area contributed by atoms with Crippen molar-refractivity contribution in [1.29, 1.82) is 0 Å². The Morgan fingerprint density at radius 2 is 0.635 bits per heavy atom. The maximum Gasteiger partial charge on any atom is 0.337 e. The smallest absolute Gasteiger partial charge is 0.337 e. The molecule has 0 radical (unpaired) electrons. The van der Waals surface area contributed by atoms with Crippen molar-refractivity contribution in [3.05, 3.63) is 247 Å². The minimum atomic E-state index is -0.924. The number of aromatic carboxylic acids is 2. The van der Waals surface area contributed by atoms with Crippen LogP contribution in [0.5, 0.6) is 0 Å². The molecular formula is C53H42Br2O8. The van der Waals surface area contributed by atoms with Crippen LogP contribution >= 0.6 is 31.9 Å². The van der Waals surface area contributed by atoms with Crippen molar-refractivity contribution in [2.24, 2.45) is 0 Å². The van der Waals surface area contributed by atoms with Crippen molar-refractivity contribution in [3.8, 4) is 23.7 Å². The first kappa shape index (κ1) is 49.9. The summed E-state index contributed by atoms with van der Waals surface area (Å²) >= 11 is 6.47. The SMILES string of the molecule is COC(=O)c1ccc(Br)cc1.COC(=O)c1ccc(C#Cc2ccccc2)cc1.Cc1ccccc1.O=C(O)c1ccc(Br)cc1.O=C(O)c1ccc(C#Cc2ccccc2)cc1. The molecule has 0 bridgehead atoms. The first-order valence-electron chi connectivity index (χ1n) is 18.9. The lowest BCUT2D eigenvalue weighted by Gasteiger charge is -1.98. The number of esters is 2. The molecule has 0 atom stereocenters. The van der Waals surface area contributed by atoms with E-state index in [0.717, 1.165) is 31.2 Å². The number of ether oxygens (including phenoxy) is 2. The molecule has 0 aliphatic heterocycles. The topological polar surface area (TPSA) is 127 Å². The Morgan fingerprint density at radius 1 is 0.381 bits per heavy atom. The molecule has 7 rings (SSSR count). The van der Waals surface area contributed by atoms with Crippen molar-refractivity contribution in [2.75, 3.05) is 14.2 Å². The fraction of sp³-hybridized carbons (Fsp3) is 0.0566. The van der Waals surface area contributed by atoms with Gasteiger partial charge in [-0.15, -0.1) is 0 Å². The number of carbonyl (C=O) groups excluding carboxylic acids is 2. The summed E-state index contributed by atoms with van der Waals surface area (Å²) in [4.78, 5) is 43.1. The lowest BCUT2D eigenvalue weighted by atomic mass is 10.1. The fourth-order valence-corrected chi connectivity index (χ4v) is 5.19. The van der Waals surface area contributed by atoms with E-state index >= 15 is 0 Å². The first-order valence-corrected chi connectivity index (χ1v) is 20.5. The predicted octanol–water partition coefficient (Wildman–Crippen LogP) is 12.0. The highest BCUT2D eigenvalue weighted by molar-refractivity contribution is 9.10. The van der Waals surface area contributed by atoms with Gasteiger partial charge in [0, 0.05) is 31.2 Å². The Morgan fingerprint density at radius 3 is 0.905 bits per heavy atom. The third-order valence-corrected chi connectivity index (χ3v) is 9.04. The summed E-state index contributed by atoms with van der Waals surface area (Å²) < 4.78 is 11.0. The number of hydrogen-bond acceptors (Lipinski definition) is 6. The van der Waals surface area contributed by atoms with Gasteiger partial charge in [0.05, 0.1) is 36.5 Å². The summed E-state index contributed by atoms with van der Waals surface area (Å²) in [5, 5.41) is 17.2. The minimum absolute atomic E-state index is 0.273. The van der Waals surface area contributed by atoms with Gasteiger partial charge in [0.15, 0.2) is 0 Å². The molecule has 2 N–H and O–H groups in total. The molecule has 0 fully saturated rings. The van der Waals surface area contributed by atoms with Crippen LogP contribution in [0.1, 0.15) is 69.2 Å². The molecule has 0 aromatic heterocycles. The van der Waals surface area contributed by atoms with Gasteiger partial charge in [0.1, 0.15) is 0 Å². The Hall–Kier alpha value is -7.50. The van der Waals surface area contributed by atoms with Crippen LogP contribution < -0.4 is 0 Å². The van der Waals surface area contributed by atoms with E-state index in [1.165, 1.54) is 19.8 Å². The second kappa shape index (κ2) is 28.1. The fourth-order valence-electron chi connectivity index (χ4n) is 4.67. The molecule has 0 unspecified atom stereocenters. The van der Waals surface area contributed by atoms with Crippen LogP contribution in [0, 0.1) is 30.6 Å². The number of carboxylic acids is 2. The quantitative estimate of drug-likeness (QED) is 0.132. The monoisotopic (exact) mass is 964 g/mol. The lowest BCUT2D eigenvalue weighted by Crippen LogP contribution is -2.00. The summed E-state index contributed by atoms with van der Waals surface area (Å²) in [7, 11) is 2.73. The van der Waals surface area contributed by atoms with E-state index < -0.39 is 11.9 Å². The predicted molar refractivity (Wildman–Crippen MR) is 254 cm³/mol. The van der Waals surface area contributed by atoms with Crippen LogP contribution in [0.4, 0.5) is 0 Å². The molecule has 316 valence electrons. The zero-order chi connectivity index (χ0) is 45.8. The first-order chi connectivity index (χ1) is 30.4. The van der Waals surface area contributed by atoms with E-state index in [1.54, 1.807) is 84.9 Å². The van der Waals surface area contributed by atoms with E-state index in [9.17, 15) is 19.2 Å². The number of rotatable bonds is 4. The summed E-state index contributed by atoms with van der Waals surface area (Å²) in [6.45, 7) is 2.08. The van der Waals surface area contributed by atoms with Crippen molar-refractivity contribution < 1.29 is 38.9 Å². The highest BCUT2D eigenvalue weighted by Gasteiger charge is 2.04. The van der Waals surface area contributed by atoms with Gasteiger partial charge in [-0.1, -0.05) is 128 Å². The van der Waals surface area contributed by atoms with Crippen LogP contribution in [0.3, 0.4) is 0 Å². The van der Waals surface area contributed by atoms with Crippen LogP contribution in [-0.2, 0) is 9.47 Å². The van der Waals surface area contributed by atoms with Crippen molar-refractivity contribution >= 4 is 55.7 Å². The van der Waals surface area contributed by atoms with Crippen molar-refractivity contribution in [1.82, 2.24) is 0 Å². The molecule has 0 spiro atoms. The third kappa shape index (κ3) is 20.1. The highest BCUT2D eigenvalue weighted by atomic mass is 79.9. The molecule has 7 aromatic rings. The molecule has 0 aliphatic carbocycles. The molecule has 0 amide bonds. The standard InChI is InChI=1S/C16H12O2.C15H10O2.C8H7BrO2.C7H5BrO2.C7H8/c1-18-16(17)15-11-9-14(10-12-15)8-7-13-5-3-2-4-6-13;16-15(17)14-10-8-13(9-11-14)7-6-12-4-2-1-3-5-12;1-11-8(10)6-2-4-7(9)5-3-6;8-6-3-1-5(2-4-6)7(9)10;1-7-5-3-2-4-6-7/h2-6,9-12H,1H3;1-5,8-11H,(H,16,17);2-5H,1H3;1-4H,(H,9,10);2-6H,1H3. The van der Waals surface area contributed by atoms with Gasteiger partial charge in [-0.25, -0.2) is 19.2 Å². The Labute approximate surface area is 384 Å². The molecule has 8 nitrogen and oxygen atoms in total. The van der Waals surface area contributed by atoms with E-state index in [0.29, 0.717) is 16.7 Å². The number of hydrogen-bond donors (Lipinski definition) is 2. The van der Waals surface area contributed by atoms with E-state index in [-0.39, 0.29) is 17.5 Å². The van der Waals surface area contributed by atoms with Gasteiger partial charge < -0.3 is 19.7 Å². The molecule has 63 heavy (non-hydrogen) atoms. The number of halogens is 2. The molecule has 0 heterocycles. The van der Waals surface area contributed by atoms with Gasteiger partial charge in [-0.2, -0.15) is 0 Å². The van der Waals surface area contributed by atoms with E-state index in [1.807, 2.05) is 91.0 Å². The van der Waals surface area contributed by atoms with Crippen LogP contribution in [0.15, 0.2) is 197 Å². The van der Waals surface area contributed by atoms with Gasteiger partial charge >= 0.3 is 23.9 Å². The number of aryl methyl sites for hydroxylation is 1. The van der Waals surface area contributed by atoms with Crippen molar-refractivity contribution in [3.63, 3.8) is 0 Å². The second-order valence-corrected chi connectivity index (χ2v) is 14.5. The van der Waals surface area contributed by atoms with Gasteiger partial charge in [-0.05, 0) is 128 Å².